The third-order valence-electron chi connectivity index (χ3n) is 4.49. The number of hydrazone groups is 1. The number of amides is 1. The minimum Gasteiger partial charge on any atom is -0.497 e. The Kier molecular flexibility index (Phi) is 7.55. The standard InChI is InChI=1S/C21H26N8O2S/c1-14-11-17(31-4)9-10-18(14)24-19(30)13-32-21-27-26-20(29(21)22)25-23-12-15-5-7-16(8-6-15)28(2)3/h5-12H,13,22H2,1-4H3,(H,24,30)(H,25,26)/b23-12+. The first-order valence-electron chi connectivity index (χ1n) is 9.71. The van der Waals surface area contributed by atoms with Crippen molar-refractivity contribution in [2.75, 3.05) is 48.4 Å². The van der Waals surface area contributed by atoms with Crippen LogP contribution in [-0.2, 0) is 4.79 Å². The number of nitrogens with one attached hydrogen (secondary N) is 2. The normalized spacial score (nSPS) is 10.9. The van der Waals surface area contributed by atoms with Gasteiger partial charge in [-0.05, 0) is 48.4 Å². The number of anilines is 3. The lowest BCUT2D eigenvalue weighted by molar-refractivity contribution is -0.113. The molecule has 0 saturated heterocycles. The van der Waals surface area contributed by atoms with E-state index in [1.807, 2.05) is 56.3 Å². The molecule has 168 valence electrons. The monoisotopic (exact) mass is 454 g/mol. The summed E-state index contributed by atoms with van der Waals surface area (Å²) in [5, 5.41) is 15.4. The first-order chi connectivity index (χ1) is 15.4. The van der Waals surface area contributed by atoms with E-state index in [1.165, 1.54) is 16.4 Å². The first-order valence-corrected chi connectivity index (χ1v) is 10.7. The molecule has 0 radical (unpaired) electrons. The van der Waals surface area contributed by atoms with E-state index in [0.29, 0.717) is 5.16 Å². The van der Waals surface area contributed by atoms with Gasteiger partial charge in [0.15, 0.2) is 0 Å². The molecule has 11 heteroatoms. The number of nitrogen functional groups attached to an aromatic ring is 1. The summed E-state index contributed by atoms with van der Waals surface area (Å²) in [5.41, 5.74) is 6.42. The van der Waals surface area contributed by atoms with Crippen LogP contribution in [-0.4, -0.2) is 54.0 Å². The quantitative estimate of drug-likeness (QED) is 0.195. The number of hydrogen-bond donors (Lipinski definition) is 3. The van der Waals surface area contributed by atoms with E-state index in [9.17, 15) is 4.79 Å². The number of carbonyl (C=O) groups is 1. The van der Waals surface area contributed by atoms with Crippen molar-refractivity contribution in [3.8, 4) is 5.75 Å². The summed E-state index contributed by atoms with van der Waals surface area (Å²) in [5.74, 6) is 6.96. The van der Waals surface area contributed by atoms with Gasteiger partial charge in [0.25, 0.3) is 5.95 Å². The van der Waals surface area contributed by atoms with Crippen molar-refractivity contribution in [2.45, 2.75) is 12.1 Å². The molecule has 0 fully saturated rings. The highest BCUT2D eigenvalue weighted by Gasteiger charge is 2.13. The molecule has 0 aliphatic rings. The summed E-state index contributed by atoms with van der Waals surface area (Å²) in [6.07, 6.45) is 1.66. The average Bonchev–Trinajstić information content (AvgIpc) is 3.13. The predicted octanol–water partition coefficient (Wildman–Crippen LogP) is 2.55. The maximum absolute atomic E-state index is 12.3. The number of aromatic nitrogens is 3. The highest BCUT2D eigenvalue weighted by atomic mass is 32.2. The lowest BCUT2D eigenvalue weighted by atomic mass is 10.2. The summed E-state index contributed by atoms with van der Waals surface area (Å²) in [6.45, 7) is 1.90. The summed E-state index contributed by atoms with van der Waals surface area (Å²) >= 11 is 1.17. The van der Waals surface area contributed by atoms with Gasteiger partial charge in [0.1, 0.15) is 5.75 Å². The molecule has 32 heavy (non-hydrogen) atoms. The zero-order valence-electron chi connectivity index (χ0n) is 18.4. The Balaban J connectivity index is 1.52. The zero-order chi connectivity index (χ0) is 23.1. The topological polar surface area (TPSA) is 123 Å². The smallest absolute Gasteiger partial charge is 0.264 e. The van der Waals surface area contributed by atoms with E-state index < -0.39 is 0 Å². The molecule has 3 aromatic rings. The molecule has 10 nitrogen and oxygen atoms in total. The number of nitrogens with two attached hydrogens (primary N) is 1. The first kappa shape index (κ1) is 22.9. The minimum absolute atomic E-state index is 0.127. The van der Waals surface area contributed by atoms with Gasteiger partial charge in [-0.1, -0.05) is 23.9 Å². The number of ether oxygens (including phenoxy) is 1. The van der Waals surface area contributed by atoms with E-state index in [-0.39, 0.29) is 17.6 Å². The van der Waals surface area contributed by atoms with Crippen LogP contribution in [0.5, 0.6) is 5.75 Å². The van der Waals surface area contributed by atoms with Crippen LogP contribution in [0.15, 0.2) is 52.7 Å². The van der Waals surface area contributed by atoms with E-state index in [4.69, 9.17) is 10.6 Å². The van der Waals surface area contributed by atoms with Gasteiger partial charge in [-0.2, -0.15) is 5.10 Å². The largest absolute Gasteiger partial charge is 0.497 e. The van der Waals surface area contributed by atoms with Gasteiger partial charge >= 0.3 is 0 Å². The summed E-state index contributed by atoms with van der Waals surface area (Å²) in [7, 11) is 5.57. The Morgan fingerprint density at radius 2 is 2.00 bits per heavy atom. The molecular weight excluding hydrogens is 428 g/mol. The SMILES string of the molecule is COc1ccc(NC(=O)CSc2nnc(N/N=C/c3ccc(N(C)C)cc3)n2N)c(C)c1. The number of benzene rings is 2. The molecule has 0 saturated carbocycles. The molecule has 0 aliphatic heterocycles. The zero-order valence-corrected chi connectivity index (χ0v) is 19.2. The number of methoxy groups -OCH3 is 1. The molecule has 0 unspecified atom stereocenters. The van der Waals surface area contributed by atoms with Crippen LogP contribution in [0.1, 0.15) is 11.1 Å². The Bertz CT molecular complexity index is 1100. The minimum atomic E-state index is -0.181. The molecule has 3 rings (SSSR count). The molecule has 0 aliphatic carbocycles. The molecule has 0 atom stereocenters. The van der Waals surface area contributed by atoms with Gasteiger partial charge in [-0.15, -0.1) is 10.2 Å². The Labute approximate surface area is 190 Å². The van der Waals surface area contributed by atoms with Gasteiger partial charge < -0.3 is 20.8 Å². The summed E-state index contributed by atoms with van der Waals surface area (Å²) < 4.78 is 6.43. The van der Waals surface area contributed by atoms with Gasteiger partial charge in [-0.3, -0.25) is 4.79 Å². The van der Waals surface area contributed by atoms with Crippen LogP contribution < -0.4 is 26.2 Å². The van der Waals surface area contributed by atoms with E-state index in [2.05, 4.69) is 26.0 Å². The number of nitrogens with zero attached hydrogens (tertiary/aromatic N) is 5. The van der Waals surface area contributed by atoms with Crippen LogP contribution >= 0.6 is 11.8 Å². The number of rotatable bonds is 9. The average molecular weight is 455 g/mol. The van der Waals surface area contributed by atoms with Gasteiger partial charge in [0.2, 0.25) is 11.1 Å². The predicted molar refractivity (Wildman–Crippen MR) is 129 cm³/mol. The van der Waals surface area contributed by atoms with Crippen molar-refractivity contribution >= 4 is 41.2 Å². The maximum atomic E-state index is 12.3. The number of carbonyl (C=O) groups excluding carboxylic acids is 1. The second-order valence-corrected chi connectivity index (χ2v) is 7.99. The fourth-order valence-electron chi connectivity index (χ4n) is 2.69. The number of aryl methyl sites for hydroxylation is 1. The van der Waals surface area contributed by atoms with Crippen molar-refractivity contribution in [1.82, 2.24) is 14.9 Å². The van der Waals surface area contributed by atoms with Crippen molar-refractivity contribution < 1.29 is 9.53 Å². The lowest BCUT2D eigenvalue weighted by Gasteiger charge is -2.11. The van der Waals surface area contributed by atoms with E-state index in [1.54, 1.807) is 25.5 Å². The second kappa shape index (κ2) is 10.5. The number of thioether (sulfide) groups is 1. The molecule has 4 N–H and O–H groups in total. The van der Waals surface area contributed by atoms with Crippen LogP contribution in [0.4, 0.5) is 17.3 Å². The molecule has 1 amide bonds. The Hall–Kier alpha value is -3.73. The molecule has 1 heterocycles. The molecular formula is C21H26N8O2S. The highest BCUT2D eigenvalue weighted by Crippen LogP contribution is 2.22. The molecule has 0 spiro atoms. The van der Waals surface area contributed by atoms with Crippen LogP contribution in [0, 0.1) is 6.92 Å². The fraction of sp³-hybridized carbons (Fsp3) is 0.238. The van der Waals surface area contributed by atoms with Crippen molar-refractivity contribution in [3.05, 3.63) is 53.6 Å². The van der Waals surface area contributed by atoms with Crippen LogP contribution in [0.3, 0.4) is 0 Å². The fourth-order valence-corrected chi connectivity index (χ4v) is 3.35. The Morgan fingerprint density at radius 3 is 2.66 bits per heavy atom. The molecule has 0 bridgehead atoms. The summed E-state index contributed by atoms with van der Waals surface area (Å²) in [6, 6.07) is 13.4. The highest BCUT2D eigenvalue weighted by molar-refractivity contribution is 7.99. The summed E-state index contributed by atoms with van der Waals surface area (Å²) in [4.78, 5) is 14.3. The van der Waals surface area contributed by atoms with Gasteiger partial charge in [0.05, 0.1) is 19.1 Å². The van der Waals surface area contributed by atoms with Crippen LogP contribution in [0.2, 0.25) is 0 Å². The number of hydrogen-bond acceptors (Lipinski definition) is 9. The van der Waals surface area contributed by atoms with Crippen LogP contribution in [0.25, 0.3) is 0 Å². The molecule has 2 aromatic carbocycles. The van der Waals surface area contributed by atoms with Gasteiger partial charge in [-0.25, -0.2) is 10.1 Å². The third-order valence-corrected chi connectivity index (χ3v) is 5.44. The molecule has 1 aromatic heterocycles. The third kappa shape index (κ3) is 5.91. The Morgan fingerprint density at radius 1 is 1.25 bits per heavy atom. The van der Waals surface area contributed by atoms with Crippen molar-refractivity contribution in [3.63, 3.8) is 0 Å². The lowest BCUT2D eigenvalue weighted by Crippen LogP contribution is -2.17. The van der Waals surface area contributed by atoms with E-state index in [0.717, 1.165) is 28.3 Å². The van der Waals surface area contributed by atoms with Crippen molar-refractivity contribution in [2.24, 2.45) is 5.10 Å². The van der Waals surface area contributed by atoms with Crippen molar-refractivity contribution in [1.29, 1.82) is 0 Å². The maximum Gasteiger partial charge on any atom is 0.264 e. The second-order valence-electron chi connectivity index (χ2n) is 7.05. The van der Waals surface area contributed by atoms with Gasteiger partial charge in [0, 0.05) is 25.5 Å². The van der Waals surface area contributed by atoms with E-state index >= 15 is 0 Å².